The molecule has 1 aromatic carbocycles. The van der Waals surface area contributed by atoms with E-state index < -0.39 is 0 Å². The summed E-state index contributed by atoms with van der Waals surface area (Å²) in [5, 5.41) is 3.59. The number of rotatable bonds is 10. The minimum absolute atomic E-state index is 0.372. The minimum Gasteiger partial charge on any atom is -0.497 e. The van der Waals surface area contributed by atoms with Crippen LogP contribution in [0.15, 0.2) is 42.6 Å². The average Bonchev–Trinajstić information content (AvgIpc) is 3.19. The van der Waals surface area contributed by atoms with Gasteiger partial charge in [-0.1, -0.05) is 18.2 Å². The maximum atomic E-state index is 5.44. The molecule has 0 atom stereocenters. The quantitative estimate of drug-likeness (QED) is 0.385. The largest absolute Gasteiger partial charge is 0.497 e. The zero-order valence-electron chi connectivity index (χ0n) is 18.6. The molecule has 1 aliphatic heterocycles. The third-order valence-corrected chi connectivity index (χ3v) is 5.43. The Labute approximate surface area is 188 Å². The number of hydrogen-bond acceptors (Lipinski definition) is 7. The Kier molecular flexibility index (Phi) is 7.73. The van der Waals surface area contributed by atoms with Gasteiger partial charge >= 0.3 is 0 Å². The number of aromatic nitrogens is 2. The van der Waals surface area contributed by atoms with E-state index in [2.05, 4.69) is 20.7 Å². The van der Waals surface area contributed by atoms with Crippen molar-refractivity contribution < 1.29 is 19.2 Å². The molecule has 4 rings (SSSR count). The molecule has 0 bridgehead atoms. The number of methoxy groups -OCH3 is 1. The van der Waals surface area contributed by atoms with Gasteiger partial charge in [0.15, 0.2) is 0 Å². The lowest BCUT2D eigenvalue weighted by Crippen LogP contribution is -2.39. The van der Waals surface area contributed by atoms with Crippen molar-refractivity contribution in [2.75, 3.05) is 58.9 Å². The van der Waals surface area contributed by atoms with E-state index in [-0.39, 0.29) is 0 Å². The lowest BCUT2D eigenvalue weighted by molar-refractivity contribution is -0.282. The van der Waals surface area contributed by atoms with Gasteiger partial charge in [-0.3, -0.25) is 9.30 Å². The molecule has 1 aliphatic rings. The van der Waals surface area contributed by atoms with Crippen molar-refractivity contribution in [3.05, 3.63) is 59.4 Å². The van der Waals surface area contributed by atoms with E-state index in [0.717, 1.165) is 73.4 Å². The van der Waals surface area contributed by atoms with Gasteiger partial charge in [-0.25, -0.2) is 14.8 Å². The molecule has 32 heavy (non-hydrogen) atoms. The van der Waals surface area contributed by atoms with Gasteiger partial charge in [0.1, 0.15) is 29.5 Å². The highest BCUT2D eigenvalue weighted by molar-refractivity contribution is 5.76. The summed E-state index contributed by atoms with van der Waals surface area (Å²) in [6.45, 7) is 5.71. The molecule has 8 nitrogen and oxygen atoms in total. The molecule has 8 heteroatoms. The van der Waals surface area contributed by atoms with Crippen LogP contribution < -0.4 is 10.1 Å². The van der Waals surface area contributed by atoms with Crippen molar-refractivity contribution in [2.45, 2.75) is 6.61 Å². The van der Waals surface area contributed by atoms with Gasteiger partial charge in [0.2, 0.25) is 0 Å². The van der Waals surface area contributed by atoms with Gasteiger partial charge in [-0.15, -0.1) is 0 Å². The fourth-order valence-corrected chi connectivity index (χ4v) is 3.66. The molecule has 1 saturated heterocycles. The SMILES string of the molecule is COOCc1ccn2c(NCCN3CCOCC3)c(/C=C/c3ccc(OC)cc3)nc2c1. The Morgan fingerprint density at radius 2 is 1.91 bits per heavy atom. The van der Waals surface area contributed by atoms with Crippen molar-refractivity contribution in [1.29, 1.82) is 0 Å². The Balaban J connectivity index is 1.55. The number of nitrogens with zero attached hydrogens (tertiary/aromatic N) is 3. The van der Waals surface area contributed by atoms with E-state index in [1.54, 1.807) is 7.11 Å². The molecule has 3 heterocycles. The summed E-state index contributed by atoms with van der Waals surface area (Å²) in [5.41, 5.74) is 3.81. The molecule has 3 aromatic rings. The predicted molar refractivity (Wildman–Crippen MR) is 125 cm³/mol. The summed E-state index contributed by atoms with van der Waals surface area (Å²) < 4.78 is 12.8. The number of nitrogens with one attached hydrogen (secondary N) is 1. The van der Waals surface area contributed by atoms with Gasteiger partial charge in [-0.2, -0.15) is 0 Å². The van der Waals surface area contributed by atoms with Crippen molar-refractivity contribution in [3.63, 3.8) is 0 Å². The van der Waals surface area contributed by atoms with E-state index in [1.807, 2.05) is 48.7 Å². The summed E-state index contributed by atoms with van der Waals surface area (Å²) in [7, 11) is 3.18. The van der Waals surface area contributed by atoms with Gasteiger partial charge < -0.3 is 14.8 Å². The number of pyridine rings is 1. The van der Waals surface area contributed by atoms with Crippen LogP contribution in [0.3, 0.4) is 0 Å². The summed E-state index contributed by atoms with van der Waals surface area (Å²) >= 11 is 0. The molecule has 0 saturated carbocycles. The van der Waals surface area contributed by atoms with Gasteiger partial charge in [0.25, 0.3) is 0 Å². The molecule has 0 unspecified atom stereocenters. The first kappa shape index (κ1) is 22.3. The Bertz CT molecular complexity index is 1030. The smallest absolute Gasteiger partial charge is 0.139 e. The van der Waals surface area contributed by atoms with Crippen LogP contribution in [0.25, 0.3) is 17.8 Å². The molecule has 1 fully saturated rings. The number of hydrogen-bond donors (Lipinski definition) is 1. The van der Waals surface area contributed by atoms with Crippen molar-refractivity contribution in [1.82, 2.24) is 14.3 Å². The van der Waals surface area contributed by atoms with Gasteiger partial charge in [-0.05, 0) is 41.5 Å². The van der Waals surface area contributed by atoms with Crippen LogP contribution in [0, 0.1) is 0 Å². The third-order valence-electron chi connectivity index (χ3n) is 5.43. The Morgan fingerprint density at radius 1 is 1.09 bits per heavy atom. The zero-order valence-corrected chi connectivity index (χ0v) is 18.6. The maximum Gasteiger partial charge on any atom is 0.139 e. The van der Waals surface area contributed by atoms with Crippen LogP contribution in [0.2, 0.25) is 0 Å². The molecule has 0 aliphatic carbocycles. The molecule has 0 spiro atoms. The second-order valence-electron chi connectivity index (χ2n) is 7.52. The van der Waals surface area contributed by atoms with Crippen LogP contribution >= 0.6 is 0 Å². The Morgan fingerprint density at radius 3 is 2.66 bits per heavy atom. The monoisotopic (exact) mass is 438 g/mol. The van der Waals surface area contributed by atoms with Gasteiger partial charge in [0.05, 0.1) is 27.4 Å². The molecule has 170 valence electrons. The molecule has 1 N–H and O–H groups in total. The van der Waals surface area contributed by atoms with Crippen molar-refractivity contribution in [3.8, 4) is 5.75 Å². The lowest BCUT2D eigenvalue weighted by Gasteiger charge is -2.26. The average molecular weight is 439 g/mol. The van der Waals surface area contributed by atoms with Crippen LogP contribution in [0.4, 0.5) is 5.82 Å². The second kappa shape index (κ2) is 11.1. The van der Waals surface area contributed by atoms with Crippen LogP contribution in [-0.4, -0.2) is 67.9 Å². The van der Waals surface area contributed by atoms with E-state index in [4.69, 9.17) is 24.2 Å². The van der Waals surface area contributed by atoms with Crippen molar-refractivity contribution in [2.24, 2.45) is 0 Å². The Hall–Kier alpha value is -2.91. The summed E-state index contributed by atoms with van der Waals surface area (Å²) in [4.78, 5) is 17.1. The van der Waals surface area contributed by atoms with Crippen LogP contribution in [-0.2, 0) is 21.1 Å². The number of morpholine rings is 1. The van der Waals surface area contributed by atoms with Crippen LogP contribution in [0.1, 0.15) is 16.8 Å². The van der Waals surface area contributed by atoms with Gasteiger partial charge in [0, 0.05) is 32.4 Å². The first-order chi connectivity index (χ1) is 15.8. The minimum atomic E-state index is 0.372. The molecule has 0 amide bonds. The molecular weight excluding hydrogens is 408 g/mol. The predicted octanol–water partition coefficient (Wildman–Crippen LogP) is 3.34. The molecule has 0 radical (unpaired) electrons. The highest BCUT2D eigenvalue weighted by Crippen LogP contribution is 2.22. The van der Waals surface area contributed by atoms with E-state index in [1.165, 1.54) is 7.11 Å². The van der Waals surface area contributed by atoms with Crippen molar-refractivity contribution >= 4 is 23.6 Å². The number of ether oxygens (including phenoxy) is 2. The highest BCUT2D eigenvalue weighted by Gasteiger charge is 2.13. The van der Waals surface area contributed by atoms with E-state index >= 15 is 0 Å². The van der Waals surface area contributed by atoms with Crippen LogP contribution in [0.5, 0.6) is 5.75 Å². The fraction of sp³-hybridized carbons (Fsp3) is 0.375. The standard InChI is InChI=1S/C24H30N4O4/c1-29-21-6-3-19(4-7-21)5-8-22-24(25-10-12-27-13-15-31-16-14-27)28-11-9-20(18-32-30-2)17-23(28)26-22/h3-9,11,17,25H,10,12-16,18H2,1-2H3/b8-5+. The highest BCUT2D eigenvalue weighted by atomic mass is 17.2. The molecule has 2 aromatic heterocycles. The lowest BCUT2D eigenvalue weighted by atomic mass is 10.2. The van der Waals surface area contributed by atoms with E-state index in [9.17, 15) is 0 Å². The first-order valence-electron chi connectivity index (χ1n) is 10.8. The number of imidazole rings is 1. The number of fused-ring (bicyclic) bond motifs is 1. The summed E-state index contributed by atoms with van der Waals surface area (Å²) in [5.74, 6) is 1.81. The maximum absolute atomic E-state index is 5.44. The fourth-order valence-electron chi connectivity index (χ4n) is 3.66. The normalized spacial score (nSPS) is 14.9. The third kappa shape index (κ3) is 5.66. The number of anilines is 1. The number of benzene rings is 1. The molecular formula is C24H30N4O4. The summed E-state index contributed by atoms with van der Waals surface area (Å²) in [6, 6.07) is 12.0. The zero-order chi connectivity index (χ0) is 22.2. The topological polar surface area (TPSA) is 69.5 Å². The summed E-state index contributed by atoms with van der Waals surface area (Å²) in [6.07, 6.45) is 6.11. The first-order valence-corrected chi connectivity index (χ1v) is 10.8. The second-order valence-corrected chi connectivity index (χ2v) is 7.52. The van der Waals surface area contributed by atoms with E-state index in [0.29, 0.717) is 6.61 Å².